The molecule has 3 rings (SSSR count). The van der Waals surface area contributed by atoms with Crippen LogP contribution in [-0.2, 0) is 11.3 Å². The van der Waals surface area contributed by atoms with Crippen LogP contribution >= 0.6 is 11.8 Å². The topological polar surface area (TPSA) is 61.2 Å². The normalized spacial score (nSPS) is 12.4. The molecule has 0 aliphatic rings. The Bertz CT molecular complexity index is 1080. The summed E-state index contributed by atoms with van der Waals surface area (Å²) in [6.07, 6.45) is 0.782. The molecule has 0 radical (unpaired) electrons. The minimum absolute atomic E-state index is 0.124. The molecule has 0 saturated heterocycles. The number of thioether (sulfide) groups is 1. The second kappa shape index (κ2) is 10.00. The molecule has 1 unspecified atom stereocenters. The number of rotatable bonds is 9. The van der Waals surface area contributed by atoms with Crippen molar-refractivity contribution in [2.45, 2.75) is 50.2 Å². The van der Waals surface area contributed by atoms with Crippen LogP contribution in [0.2, 0.25) is 0 Å². The van der Waals surface area contributed by atoms with Crippen LogP contribution in [0, 0.1) is 5.82 Å². The summed E-state index contributed by atoms with van der Waals surface area (Å²) in [5, 5.41) is 0.553. The Hall–Kier alpha value is -2.51. The summed E-state index contributed by atoms with van der Waals surface area (Å²) < 4.78 is 20.4. The molecule has 158 valence electrons. The van der Waals surface area contributed by atoms with Crippen molar-refractivity contribution in [3.63, 3.8) is 0 Å². The lowest BCUT2D eigenvalue weighted by Crippen LogP contribution is -2.26. The molecule has 0 N–H and O–H groups in total. The van der Waals surface area contributed by atoms with Gasteiger partial charge in [0.2, 0.25) is 0 Å². The molecule has 0 fully saturated rings. The third-order valence-corrected chi connectivity index (χ3v) is 5.67. The molecule has 1 aromatic heterocycles. The van der Waals surface area contributed by atoms with Crippen LogP contribution in [0.15, 0.2) is 58.5 Å². The first-order valence-electron chi connectivity index (χ1n) is 9.94. The number of ether oxygens (including phenoxy) is 1. The van der Waals surface area contributed by atoms with Crippen LogP contribution in [0.25, 0.3) is 10.9 Å². The SMILES string of the molecule is CC(C)OCCCn1c(SC(C)C(=O)c2ccc(F)cc2)nc2ccccc2c1=O. The van der Waals surface area contributed by atoms with E-state index in [9.17, 15) is 14.0 Å². The second-order valence-electron chi connectivity index (χ2n) is 7.27. The van der Waals surface area contributed by atoms with E-state index in [0.717, 1.165) is 0 Å². The fourth-order valence-electron chi connectivity index (χ4n) is 3.04. The predicted octanol–water partition coefficient (Wildman–Crippen LogP) is 4.71. The van der Waals surface area contributed by atoms with Crippen molar-refractivity contribution in [3.05, 3.63) is 70.3 Å². The van der Waals surface area contributed by atoms with Gasteiger partial charge >= 0.3 is 0 Å². The fourth-order valence-corrected chi connectivity index (χ4v) is 4.05. The van der Waals surface area contributed by atoms with E-state index in [1.165, 1.54) is 36.0 Å². The highest BCUT2D eigenvalue weighted by Crippen LogP contribution is 2.25. The number of aromatic nitrogens is 2. The lowest BCUT2D eigenvalue weighted by atomic mass is 10.1. The van der Waals surface area contributed by atoms with Crippen molar-refractivity contribution in [2.24, 2.45) is 0 Å². The summed E-state index contributed by atoms with van der Waals surface area (Å²) in [6, 6.07) is 12.7. The van der Waals surface area contributed by atoms with E-state index in [2.05, 4.69) is 4.98 Å². The van der Waals surface area contributed by atoms with Gasteiger partial charge in [0, 0.05) is 18.7 Å². The van der Waals surface area contributed by atoms with Crippen LogP contribution in [0.3, 0.4) is 0 Å². The lowest BCUT2D eigenvalue weighted by Gasteiger charge is -2.16. The Kier molecular flexibility index (Phi) is 7.39. The number of Topliss-reactive ketones (excluding diaryl/α,β-unsaturated/α-hetero) is 1. The van der Waals surface area contributed by atoms with E-state index in [1.54, 1.807) is 23.6 Å². The maximum atomic E-state index is 13.2. The van der Waals surface area contributed by atoms with Gasteiger partial charge in [-0.05, 0) is 63.6 Å². The van der Waals surface area contributed by atoms with Gasteiger partial charge in [-0.2, -0.15) is 0 Å². The van der Waals surface area contributed by atoms with Crippen LogP contribution in [-0.4, -0.2) is 33.3 Å². The molecular weight excluding hydrogens is 403 g/mol. The number of carbonyl (C=O) groups is 1. The first-order chi connectivity index (χ1) is 14.4. The van der Waals surface area contributed by atoms with Gasteiger partial charge in [0.1, 0.15) is 5.82 Å². The molecule has 2 aromatic carbocycles. The van der Waals surface area contributed by atoms with Crippen molar-refractivity contribution < 1.29 is 13.9 Å². The van der Waals surface area contributed by atoms with E-state index in [4.69, 9.17) is 4.74 Å². The smallest absolute Gasteiger partial charge is 0.262 e. The molecule has 5 nitrogen and oxygen atoms in total. The number of halogens is 1. The average molecular weight is 429 g/mol. The number of para-hydroxylation sites is 1. The summed E-state index contributed by atoms with van der Waals surface area (Å²) in [5.41, 5.74) is 0.895. The zero-order chi connectivity index (χ0) is 21.7. The first kappa shape index (κ1) is 22.2. The Morgan fingerprint density at radius 3 is 2.53 bits per heavy atom. The number of fused-ring (bicyclic) bond motifs is 1. The minimum atomic E-state index is -0.485. The summed E-state index contributed by atoms with van der Waals surface area (Å²) in [5.74, 6) is -0.530. The molecule has 7 heteroatoms. The summed E-state index contributed by atoms with van der Waals surface area (Å²) in [4.78, 5) is 30.5. The maximum Gasteiger partial charge on any atom is 0.262 e. The van der Waals surface area contributed by atoms with Crippen molar-refractivity contribution in [1.29, 1.82) is 0 Å². The summed E-state index contributed by atoms with van der Waals surface area (Å²) in [7, 11) is 0. The van der Waals surface area contributed by atoms with E-state index < -0.39 is 5.25 Å². The Morgan fingerprint density at radius 2 is 1.83 bits per heavy atom. The Labute approximate surface area is 179 Å². The highest BCUT2D eigenvalue weighted by molar-refractivity contribution is 8.00. The average Bonchev–Trinajstić information content (AvgIpc) is 2.72. The Morgan fingerprint density at radius 1 is 1.13 bits per heavy atom. The van der Waals surface area contributed by atoms with Crippen molar-refractivity contribution >= 4 is 28.4 Å². The first-order valence-corrected chi connectivity index (χ1v) is 10.8. The van der Waals surface area contributed by atoms with E-state index in [1.807, 2.05) is 26.0 Å². The molecule has 0 amide bonds. The molecule has 1 heterocycles. The van der Waals surface area contributed by atoms with Crippen molar-refractivity contribution in [3.8, 4) is 0 Å². The van der Waals surface area contributed by atoms with Gasteiger partial charge in [-0.15, -0.1) is 0 Å². The molecule has 1 atom stereocenters. The number of hydrogen-bond acceptors (Lipinski definition) is 5. The van der Waals surface area contributed by atoms with Crippen LogP contribution in [0.1, 0.15) is 37.6 Å². The number of nitrogens with zero attached hydrogens (tertiary/aromatic N) is 2. The molecule has 0 aliphatic heterocycles. The molecule has 0 saturated carbocycles. The number of carbonyl (C=O) groups excluding carboxylic acids is 1. The Balaban J connectivity index is 1.88. The second-order valence-corrected chi connectivity index (χ2v) is 8.58. The van der Waals surface area contributed by atoms with Gasteiger partial charge in [0.05, 0.1) is 22.3 Å². The van der Waals surface area contributed by atoms with Crippen LogP contribution < -0.4 is 5.56 Å². The van der Waals surface area contributed by atoms with Crippen LogP contribution in [0.4, 0.5) is 4.39 Å². The molecule has 3 aromatic rings. The number of benzene rings is 2. The molecule has 0 spiro atoms. The van der Waals surface area contributed by atoms with Gasteiger partial charge in [-0.3, -0.25) is 14.2 Å². The van der Waals surface area contributed by atoms with Crippen LogP contribution in [0.5, 0.6) is 0 Å². The zero-order valence-electron chi connectivity index (χ0n) is 17.3. The highest BCUT2D eigenvalue weighted by atomic mass is 32.2. The molecule has 0 aliphatic carbocycles. The van der Waals surface area contributed by atoms with Crippen molar-refractivity contribution in [2.75, 3.05) is 6.61 Å². The van der Waals surface area contributed by atoms with Gasteiger partial charge < -0.3 is 4.74 Å². The quantitative estimate of drug-likeness (QED) is 0.214. The number of ketones is 1. The third-order valence-electron chi connectivity index (χ3n) is 4.58. The van der Waals surface area contributed by atoms with Crippen molar-refractivity contribution in [1.82, 2.24) is 9.55 Å². The lowest BCUT2D eigenvalue weighted by molar-refractivity contribution is 0.0743. The van der Waals surface area contributed by atoms with Gasteiger partial charge in [-0.25, -0.2) is 9.37 Å². The summed E-state index contributed by atoms with van der Waals surface area (Å²) >= 11 is 1.24. The maximum absolute atomic E-state index is 13.2. The zero-order valence-corrected chi connectivity index (χ0v) is 18.1. The third kappa shape index (κ3) is 5.34. The van der Waals surface area contributed by atoms with Gasteiger partial charge in [0.25, 0.3) is 5.56 Å². The van der Waals surface area contributed by atoms with E-state index in [-0.39, 0.29) is 23.3 Å². The molecule has 30 heavy (non-hydrogen) atoms. The standard InChI is InChI=1S/C23H25FN2O3S/c1-15(2)29-14-6-13-26-22(28)19-7-4-5-8-20(19)25-23(26)30-16(3)21(27)17-9-11-18(24)12-10-17/h4-5,7-12,15-16H,6,13-14H2,1-3H3. The minimum Gasteiger partial charge on any atom is -0.379 e. The molecular formula is C23H25FN2O3S. The largest absolute Gasteiger partial charge is 0.379 e. The van der Waals surface area contributed by atoms with Gasteiger partial charge in [-0.1, -0.05) is 23.9 Å². The fraction of sp³-hybridized carbons (Fsp3) is 0.348. The molecule has 0 bridgehead atoms. The monoisotopic (exact) mass is 428 g/mol. The van der Waals surface area contributed by atoms with Gasteiger partial charge in [0.15, 0.2) is 10.9 Å². The highest BCUT2D eigenvalue weighted by Gasteiger charge is 2.20. The van der Waals surface area contributed by atoms with E-state index >= 15 is 0 Å². The summed E-state index contributed by atoms with van der Waals surface area (Å²) in [6.45, 7) is 6.68. The van der Waals surface area contributed by atoms with E-state index in [0.29, 0.717) is 41.2 Å². The number of hydrogen-bond donors (Lipinski definition) is 0. The predicted molar refractivity (Wildman–Crippen MR) is 118 cm³/mol.